The number of rotatable bonds is 4. The molecule has 0 aromatic heterocycles. The molecule has 0 N–H and O–H groups in total. The second-order valence-electron chi connectivity index (χ2n) is 4.67. The van der Waals surface area contributed by atoms with Crippen LogP contribution in [0, 0.1) is 0 Å². The summed E-state index contributed by atoms with van der Waals surface area (Å²) in [5.41, 5.74) is -0.434. The molecule has 0 atom stereocenters. The van der Waals surface area contributed by atoms with Crippen molar-refractivity contribution in [3.05, 3.63) is 0 Å². The molecule has 1 rings (SSSR count). The van der Waals surface area contributed by atoms with Crippen LogP contribution in [0.1, 0.15) is 65.2 Å². The quantitative estimate of drug-likeness (QED) is 0.713. The maximum Gasteiger partial charge on any atom is 0.161 e. The third kappa shape index (κ3) is 3.60. The Labute approximate surface area is 93.4 Å². The molecular formula is C13H24O2. The van der Waals surface area contributed by atoms with Crippen LogP contribution in [0.3, 0.4) is 0 Å². The Morgan fingerprint density at radius 2 is 1.67 bits per heavy atom. The van der Waals surface area contributed by atoms with Gasteiger partial charge in [-0.1, -0.05) is 39.0 Å². The lowest BCUT2D eigenvalue weighted by Gasteiger charge is -2.33. The van der Waals surface area contributed by atoms with E-state index in [2.05, 4.69) is 6.92 Å². The number of hydrogen-bond acceptors (Lipinski definition) is 2. The van der Waals surface area contributed by atoms with Crippen LogP contribution in [0.15, 0.2) is 0 Å². The van der Waals surface area contributed by atoms with Gasteiger partial charge in [-0.05, 0) is 26.2 Å². The minimum absolute atomic E-state index is 0.234. The van der Waals surface area contributed by atoms with Crippen molar-refractivity contribution in [3.8, 4) is 0 Å². The van der Waals surface area contributed by atoms with E-state index in [-0.39, 0.29) is 5.78 Å². The predicted molar refractivity (Wildman–Crippen MR) is 62.0 cm³/mol. The van der Waals surface area contributed by atoms with Crippen LogP contribution in [0.5, 0.6) is 0 Å². The van der Waals surface area contributed by atoms with Crippen LogP contribution in [0.25, 0.3) is 0 Å². The van der Waals surface area contributed by atoms with Gasteiger partial charge in [0, 0.05) is 6.61 Å². The topological polar surface area (TPSA) is 26.3 Å². The molecule has 0 saturated heterocycles. The maximum absolute atomic E-state index is 11.8. The summed E-state index contributed by atoms with van der Waals surface area (Å²) < 4.78 is 5.87. The van der Waals surface area contributed by atoms with Crippen molar-refractivity contribution in [2.45, 2.75) is 70.8 Å². The van der Waals surface area contributed by atoms with Gasteiger partial charge in [-0.15, -0.1) is 0 Å². The van der Waals surface area contributed by atoms with Crippen LogP contribution < -0.4 is 0 Å². The Morgan fingerprint density at radius 1 is 1.13 bits per heavy atom. The first-order valence-corrected chi connectivity index (χ1v) is 6.36. The van der Waals surface area contributed by atoms with E-state index < -0.39 is 5.60 Å². The standard InChI is InChI=1S/C13H24O2/c1-3-11-15-13(12(2)14)9-7-5-4-6-8-10-13/h3-11H2,1-2H3. The van der Waals surface area contributed by atoms with Crippen LogP contribution >= 0.6 is 0 Å². The van der Waals surface area contributed by atoms with Crippen molar-refractivity contribution in [2.75, 3.05) is 6.61 Å². The van der Waals surface area contributed by atoms with Gasteiger partial charge in [0.25, 0.3) is 0 Å². The Hall–Kier alpha value is -0.370. The van der Waals surface area contributed by atoms with Gasteiger partial charge in [-0.3, -0.25) is 4.79 Å². The lowest BCUT2D eigenvalue weighted by Crippen LogP contribution is -2.41. The van der Waals surface area contributed by atoms with E-state index >= 15 is 0 Å². The molecule has 0 unspecified atom stereocenters. The SMILES string of the molecule is CCCOC1(C(C)=O)CCCCCCC1. The zero-order chi connectivity index (χ0) is 11.1. The molecule has 0 heterocycles. The normalized spacial score (nSPS) is 21.7. The first-order valence-electron chi connectivity index (χ1n) is 6.36. The zero-order valence-electron chi connectivity index (χ0n) is 10.2. The molecule has 0 aromatic carbocycles. The van der Waals surface area contributed by atoms with Crippen molar-refractivity contribution >= 4 is 5.78 Å². The fraction of sp³-hybridized carbons (Fsp3) is 0.923. The molecule has 0 spiro atoms. The highest BCUT2D eigenvalue weighted by molar-refractivity contribution is 5.84. The van der Waals surface area contributed by atoms with E-state index in [9.17, 15) is 4.79 Å². The molecule has 1 aliphatic carbocycles. The van der Waals surface area contributed by atoms with E-state index in [4.69, 9.17) is 4.74 Å². The molecule has 15 heavy (non-hydrogen) atoms. The summed E-state index contributed by atoms with van der Waals surface area (Å²) in [6.07, 6.45) is 8.98. The van der Waals surface area contributed by atoms with Crippen molar-refractivity contribution in [3.63, 3.8) is 0 Å². The molecule has 1 aliphatic rings. The summed E-state index contributed by atoms with van der Waals surface area (Å²) >= 11 is 0. The van der Waals surface area contributed by atoms with Crippen LogP contribution in [-0.2, 0) is 9.53 Å². The van der Waals surface area contributed by atoms with Crippen molar-refractivity contribution in [1.82, 2.24) is 0 Å². The lowest BCUT2D eigenvalue weighted by molar-refractivity contribution is -0.145. The first-order chi connectivity index (χ1) is 7.21. The van der Waals surface area contributed by atoms with Crippen molar-refractivity contribution in [1.29, 1.82) is 0 Å². The molecule has 1 saturated carbocycles. The van der Waals surface area contributed by atoms with Gasteiger partial charge >= 0.3 is 0 Å². The average Bonchev–Trinajstić information content (AvgIpc) is 2.16. The molecule has 88 valence electrons. The number of carbonyl (C=O) groups excluding carboxylic acids is 1. The van der Waals surface area contributed by atoms with Crippen molar-refractivity contribution in [2.24, 2.45) is 0 Å². The van der Waals surface area contributed by atoms with E-state index in [1.54, 1.807) is 6.92 Å². The molecule has 0 amide bonds. The maximum atomic E-state index is 11.8. The van der Waals surface area contributed by atoms with Gasteiger partial charge in [-0.2, -0.15) is 0 Å². The zero-order valence-corrected chi connectivity index (χ0v) is 10.2. The Morgan fingerprint density at radius 3 is 2.13 bits per heavy atom. The monoisotopic (exact) mass is 212 g/mol. The van der Waals surface area contributed by atoms with Gasteiger partial charge in [-0.25, -0.2) is 0 Å². The third-order valence-electron chi connectivity index (χ3n) is 3.39. The molecule has 2 nitrogen and oxygen atoms in total. The number of hydrogen-bond donors (Lipinski definition) is 0. The smallest absolute Gasteiger partial charge is 0.161 e. The molecule has 0 radical (unpaired) electrons. The summed E-state index contributed by atoms with van der Waals surface area (Å²) in [7, 11) is 0. The molecule has 2 heteroatoms. The third-order valence-corrected chi connectivity index (χ3v) is 3.39. The summed E-state index contributed by atoms with van der Waals surface area (Å²) in [4.78, 5) is 11.8. The van der Waals surface area contributed by atoms with Crippen LogP contribution in [0.2, 0.25) is 0 Å². The van der Waals surface area contributed by atoms with Gasteiger partial charge in [0.1, 0.15) is 5.60 Å². The second-order valence-corrected chi connectivity index (χ2v) is 4.67. The number of carbonyl (C=O) groups is 1. The number of ketones is 1. The highest BCUT2D eigenvalue weighted by atomic mass is 16.5. The van der Waals surface area contributed by atoms with Gasteiger partial charge in [0.2, 0.25) is 0 Å². The summed E-state index contributed by atoms with van der Waals surface area (Å²) in [5, 5.41) is 0. The molecule has 0 aliphatic heterocycles. The largest absolute Gasteiger partial charge is 0.367 e. The average molecular weight is 212 g/mol. The van der Waals surface area contributed by atoms with Crippen LogP contribution in [0.4, 0.5) is 0 Å². The minimum Gasteiger partial charge on any atom is -0.367 e. The van der Waals surface area contributed by atoms with Gasteiger partial charge in [0.05, 0.1) is 0 Å². The fourth-order valence-electron chi connectivity index (χ4n) is 2.37. The second kappa shape index (κ2) is 6.26. The summed E-state index contributed by atoms with van der Waals surface area (Å²) in [5.74, 6) is 0.234. The van der Waals surface area contributed by atoms with E-state index in [1.807, 2.05) is 0 Å². The van der Waals surface area contributed by atoms with Crippen molar-refractivity contribution < 1.29 is 9.53 Å². The molecule has 1 fully saturated rings. The first kappa shape index (κ1) is 12.7. The molecule has 0 aromatic rings. The van der Waals surface area contributed by atoms with E-state index in [0.29, 0.717) is 0 Å². The Balaban J connectivity index is 2.62. The predicted octanol–water partition coefficient (Wildman–Crippen LogP) is 3.49. The highest BCUT2D eigenvalue weighted by Crippen LogP contribution is 2.30. The van der Waals surface area contributed by atoms with E-state index in [0.717, 1.165) is 38.7 Å². The van der Waals surface area contributed by atoms with E-state index in [1.165, 1.54) is 19.3 Å². The molecular weight excluding hydrogens is 188 g/mol. The number of Topliss-reactive ketones (excluding diaryl/α,β-unsaturated/α-hetero) is 1. The lowest BCUT2D eigenvalue weighted by atomic mass is 9.84. The summed E-state index contributed by atoms with van der Waals surface area (Å²) in [6, 6.07) is 0. The number of ether oxygens (including phenoxy) is 1. The van der Waals surface area contributed by atoms with Crippen LogP contribution in [-0.4, -0.2) is 18.0 Å². The molecule has 0 bridgehead atoms. The highest BCUT2D eigenvalue weighted by Gasteiger charge is 2.35. The minimum atomic E-state index is -0.434. The van der Waals surface area contributed by atoms with Gasteiger partial charge < -0.3 is 4.74 Å². The summed E-state index contributed by atoms with van der Waals surface area (Å²) in [6.45, 7) is 4.51. The Kier molecular flexibility index (Phi) is 5.30. The Bertz CT molecular complexity index is 185. The fourth-order valence-corrected chi connectivity index (χ4v) is 2.37. The van der Waals surface area contributed by atoms with Gasteiger partial charge in [0.15, 0.2) is 5.78 Å².